The van der Waals surface area contributed by atoms with Crippen molar-refractivity contribution < 1.29 is 9.32 Å². The number of halogens is 1. The molecule has 0 saturated heterocycles. The first-order chi connectivity index (χ1) is 10.5. The van der Waals surface area contributed by atoms with Gasteiger partial charge in [0.1, 0.15) is 17.4 Å². The lowest BCUT2D eigenvalue weighted by molar-refractivity contribution is -0.112. The molecule has 0 spiro atoms. The predicted octanol–water partition coefficient (Wildman–Crippen LogP) is 3.40. The fraction of sp³-hybridized carbons (Fsp3) is 0.133. The first-order valence-corrected chi connectivity index (χ1v) is 6.75. The van der Waals surface area contributed by atoms with E-state index < -0.39 is 5.91 Å². The van der Waals surface area contributed by atoms with E-state index in [1.54, 1.807) is 38.1 Å². The average Bonchev–Trinajstić information content (AvgIpc) is 2.90. The molecule has 0 aliphatic rings. The Kier molecular flexibility index (Phi) is 4.81. The first kappa shape index (κ1) is 15.6. The molecule has 1 aromatic heterocycles. The van der Waals surface area contributed by atoms with Crippen LogP contribution in [0.5, 0.6) is 0 Å². The van der Waals surface area contributed by atoms with E-state index in [-0.39, 0.29) is 5.57 Å². The third-order valence-corrected chi connectivity index (χ3v) is 3.28. The van der Waals surface area contributed by atoms with Crippen LogP contribution in [-0.4, -0.2) is 11.1 Å². The van der Waals surface area contributed by atoms with Crippen LogP contribution in [0.25, 0.3) is 0 Å². The quantitative estimate of drug-likeness (QED) is 0.666. The summed E-state index contributed by atoms with van der Waals surface area (Å²) in [5, 5.41) is 18.7. The lowest BCUT2D eigenvalue weighted by atomic mass is 10.2. The van der Waals surface area contributed by atoms with Crippen molar-refractivity contribution >= 4 is 29.0 Å². The second kappa shape index (κ2) is 6.78. The number of nitriles is 1. The number of rotatable bonds is 4. The van der Waals surface area contributed by atoms with Crippen molar-refractivity contribution in [2.45, 2.75) is 13.8 Å². The van der Waals surface area contributed by atoms with Gasteiger partial charge in [0.2, 0.25) is 0 Å². The lowest BCUT2D eigenvalue weighted by Gasteiger charge is -2.08. The minimum atomic E-state index is -0.541. The highest BCUT2D eigenvalue weighted by atomic mass is 35.5. The number of hydrogen-bond donors (Lipinski definition) is 2. The number of anilines is 2. The summed E-state index contributed by atoms with van der Waals surface area (Å²) in [7, 11) is 0. The van der Waals surface area contributed by atoms with Crippen LogP contribution < -0.4 is 10.6 Å². The fourth-order valence-corrected chi connectivity index (χ4v) is 1.84. The summed E-state index contributed by atoms with van der Waals surface area (Å²) in [6.07, 6.45) is 1.27. The van der Waals surface area contributed by atoms with Gasteiger partial charge in [-0.05, 0) is 31.5 Å². The summed E-state index contributed by atoms with van der Waals surface area (Å²) >= 11 is 5.99. The van der Waals surface area contributed by atoms with Gasteiger partial charge in [-0.3, -0.25) is 4.79 Å². The number of aryl methyl sites for hydroxylation is 1. The van der Waals surface area contributed by atoms with Crippen LogP contribution in [0.2, 0.25) is 5.02 Å². The number of amides is 1. The molecule has 6 nitrogen and oxygen atoms in total. The normalized spacial score (nSPS) is 10.9. The SMILES string of the molecule is Cc1cc(N/C=C(/C#N)C(=O)Nc2cccc(Cl)c2C)no1. The molecule has 0 fully saturated rings. The summed E-state index contributed by atoms with van der Waals surface area (Å²) in [5.41, 5.74) is 1.19. The maximum Gasteiger partial charge on any atom is 0.267 e. The predicted molar refractivity (Wildman–Crippen MR) is 83.4 cm³/mol. The summed E-state index contributed by atoms with van der Waals surface area (Å²) in [5.74, 6) is 0.492. The second-order valence-electron chi connectivity index (χ2n) is 4.50. The van der Waals surface area contributed by atoms with Gasteiger partial charge in [-0.25, -0.2) is 0 Å². The van der Waals surface area contributed by atoms with E-state index in [0.29, 0.717) is 22.3 Å². The molecule has 1 heterocycles. The number of aromatic nitrogens is 1. The van der Waals surface area contributed by atoms with Gasteiger partial charge < -0.3 is 15.2 Å². The van der Waals surface area contributed by atoms with Gasteiger partial charge in [0.05, 0.1) is 0 Å². The molecule has 0 aliphatic heterocycles. The molecular formula is C15H13ClN4O2. The zero-order valence-corrected chi connectivity index (χ0v) is 12.7. The molecule has 0 bridgehead atoms. The molecule has 22 heavy (non-hydrogen) atoms. The van der Waals surface area contributed by atoms with E-state index in [0.717, 1.165) is 5.56 Å². The summed E-state index contributed by atoms with van der Waals surface area (Å²) in [4.78, 5) is 12.1. The maximum absolute atomic E-state index is 12.1. The van der Waals surface area contributed by atoms with Gasteiger partial charge in [0.25, 0.3) is 5.91 Å². The second-order valence-corrected chi connectivity index (χ2v) is 4.91. The molecule has 1 aromatic carbocycles. The first-order valence-electron chi connectivity index (χ1n) is 6.38. The molecular weight excluding hydrogens is 304 g/mol. The Morgan fingerprint density at radius 1 is 1.45 bits per heavy atom. The summed E-state index contributed by atoms with van der Waals surface area (Å²) < 4.78 is 4.88. The Labute approximate surface area is 132 Å². The Hall–Kier alpha value is -2.78. The zero-order valence-electron chi connectivity index (χ0n) is 12.0. The smallest absolute Gasteiger partial charge is 0.267 e. The van der Waals surface area contributed by atoms with Crippen LogP contribution in [0.15, 0.2) is 40.6 Å². The number of hydrogen-bond acceptors (Lipinski definition) is 5. The van der Waals surface area contributed by atoms with Gasteiger partial charge in [0, 0.05) is 23.0 Å². The number of benzene rings is 1. The molecule has 112 valence electrons. The molecule has 0 radical (unpaired) electrons. The number of nitrogens with one attached hydrogen (secondary N) is 2. The molecule has 2 aromatic rings. The lowest BCUT2D eigenvalue weighted by Crippen LogP contribution is -2.15. The molecule has 0 aliphatic carbocycles. The van der Waals surface area contributed by atoms with Crippen molar-refractivity contribution in [1.82, 2.24) is 5.16 Å². The Bertz CT molecular complexity index is 774. The Balaban J connectivity index is 2.12. The van der Waals surface area contributed by atoms with E-state index in [1.807, 2.05) is 6.07 Å². The van der Waals surface area contributed by atoms with Crippen molar-refractivity contribution in [3.8, 4) is 6.07 Å². The van der Waals surface area contributed by atoms with Crippen LogP contribution in [0.1, 0.15) is 11.3 Å². The summed E-state index contributed by atoms with van der Waals surface area (Å²) in [6.45, 7) is 3.52. The van der Waals surface area contributed by atoms with Gasteiger partial charge in [-0.1, -0.05) is 22.8 Å². The Morgan fingerprint density at radius 2 is 2.23 bits per heavy atom. The van der Waals surface area contributed by atoms with Crippen molar-refractivity contribution in [2.75, 3.05) is 10.6 Å². The van der Waals surface area contributed by atoms with Crippen LogP contribution >= 0.6 is 11.6 Å². The van der Waals surface area contributed by atoms with Crippen molar-refractivity contribution in [2.24, 2.45) is 0 Å². The van der Waals surface area contributed by atoms with E-state index in [4.69, 9.17) is 21.4 Å². The molecule has 2 N–H and O–H groups in total. The topological polar surface area (TPSA) is 91.0 Å². The van der Waals surface area contributed by atoms with E-state index >= 15 is 0 Å². The van der Waals surface area contributed by atoms with E-state index in [2.05, 4.69) is 15.8 Å². The average molecular weight is 317 g/mol. The van der Waals surface area contributed by atoms with Crippen LogP contribution in [0, 0.1) is 25.2 Å². The monoisotopic (exact) mass is 316 g/mol. The zero-order chi connectivity index (χ0) is 16.1. The molecule has 2 rings (SSSR count). The number of carbonyl (C=O) groups excluding carboxylic acids is 1. The van der Waals surface area contributed by atoms with E-state index in [9.17, 15) is 4.79 Å². The molecule has 0 unspecified atom stereocenters. The van der Waals surface area contributed by atoms with Crippen LogP contribution in [-0.2, 0) is 4.79 Å². The highest BCUT2D eigenvalue weighted by Gasteiger charge is 2.12. The maximum atomic E-state index is 12.1. The van der Waals surface area contributed by atoms with Gasteiger partial charge in [0.15, 0.2) is 5.82 Å². The molecule has 7 heteroatoms. The van der Waals surface area contributed by atoms with Crippen molar-refractivity contribution in [3.05, 3.63) is 52.4 Å². The van der Waals surface area contributed by atoms with Gasteiger partial charge >= 0.3 is 0 Å². The third-order valence-electron chi connectivity index (χ3n) is 2.87. The van der Waals surface area contributed by atoms with Crippen molar-refractivity contribution in [3.63, 3.8) is 0 Å². The summed E-state index contributed by atoms with van der Waals surface area (Å²) in [6, 6.07) is 8.63. The highest BCUT2D eigenvalue weighted by molar-refractivity contribution is 6.31. The van der Waals surface area contributed by atoms with Crippen LogP contribution in [0.4, 0.5) is 11.5 Å². The third kappa shape index (κ3) is 3.65. The molecule has 0 saturated carbocycles. The fourth-order valence-electron chi connectivity index (χ4n) is 1.66. The van der Waals surface area contributed by atoms with Crippen molar-refractivity contribution in [1.29, 1.82) is 5.26 Å². The highest BCUT2D eigenvalue weighted by Crippen LogP contribution is 2.23. The minimum Gasteiger partial charge on any atom is -0.360 e. The van der Waals surface area contributed by atoms with Gasteiger partial charge in [-0.2, -0.15) is 5.26 Å². The van der Waals surface area contributed by atoms with Gasteiger partial charge in [-0.15, -0.1) is 0 Å². The minimum absolute atomic E-state index is 0.0972. The number of carbonyl (C=O) groups is 1. The standard InChI is InChI=1S/C15H13ClN4O2/c1-9-6-14(20-22-9)18-8-11(7-17)15(21)19-13-5-3-4-12(16)10(13)2/h3-6,8H,1-2H3,(H,18,20)(H,19,21)/b11-8-. The molecule has 1 amide bonds. The van der Waals surface area contributed by atoms with Crippen LogP contribution in [0.3, 0.4) is 0 Å². The Morgan fingerprint density at radius 3 is 2.86 bits per heavy atom. The molecule has 0 atom stereocenters. The number of nitrogens with zero attached hydrogens (tertiary/aromatic N) is 2. The largest absolute Gasteiger partial charge is 0.360 e. The van der Waals surface area contributed by atoms with E-state index in [1.165, 1.54) is 6.20 Å².